The molecule has 2 saturated heterocycles. The SMILES string of the molecule is C[C@@H]1CN(C)c2c(sc3ccc4nc(-c5ccc(N6CCN(CCCc7ccc8c(c7)n(C)c(=O)n8C7CCC(=O)NC7=O)CC6)cc5)ccc4c23)C(=O)N1. The number of amides is 3. The standard InChI is InChI=1S/C42H44N8O4S/c1-25-24-46(2)38-37-29-11-12-30(44-31(29)13-16-35(37)55-39(38)41(53)43-25)27-7-9-28(10-8-27)49-21-19-48(20-22-49)18-4-5-26-6-14-32-34(23-26)47(3)42(54)50(32)33-15-17-36(51)45-40(33)52/h6-14,16,23,25,33H,4-5,15,17-22,24H2,1-3H3,(H,43,53)(H,45,51,52)/t25-,33?/m1/s1. The molecular formula is C42H44N8O4S. The Morgan fingerprint density at radius 1 is 0.891 bits per heavy atom. The normalized spacial score (nSPS) is 19.6. The van der Waals surface area contributed by atoms with Crippen molar-refractivity contribution in [3.05, 3.63) is 87.7 Å². The van der Waals surface area contributed by atoms with Gasteiger partial charge < -0.3 is 15.1 Å². The molecule has 3 aromatic carbocycles. The first-order chi connectivity index (χ1) is 26.6. The lowest BCUT2D eigenvalue weighted by atomic mass is 10.0. The number of pyridine rings is 1. The van der Waals surface area contributed by atoms with E-state index in [-0.39, 0.29) is 30.0 Å². The minimum absolute atomic E-state index is 0.00396. The van der Waals surface area contributed by atoms with Crippen LogP contribution in [0.4, 0.5) is 11.4 Å². The summed E-state index contributed by atoms with van der Waals surface area (Å²) in [6.45, 7) is 7.70. The van der Waals surface area contributed by atoms with Crippen LogP contribution in [0.2, 0.25) is 0 Å². The maximum Gasteiger partial charge on any atom is 0.329 e. The molecule has 9 rings (SSSR count). The lowest BCUT2D eigenvalue weighted by Gasteiger charge is -2.36. The number of carbonyl (C=O) groups excluding carboxylic acids is 3. The molecule has 282 valence electrons. The Morgan fingerprint density at radius 2 is 1.69 bits per heavy atom. The molecule has 3 aromatic heterocycles. The second-order valence-electron chi connectivity index (χ2n) is 15.2. The van der Waals surface area contributed by atoms with Gasteiger partial charge in [0.15, 0.2) is 0 Å². The van der Waals surface area contributed by atoms with Gasteiger partial charge in [0.2, 0.25) is 11.8 Å². The zero-order valence-corrected chi connectivity index (χ0v) is 32.1. The Balaban J connectivity index is 0.819. The number of imide groups is 1. The first kappa shape index (κ1) is 35.2. The third kappa shape index (κ3) is 6.34. The molecule has 0 spiro atoms. The summed E-state index contributed by atoms with van der Waals surface area (Å²) in [7, 11) is 3.80. The van der Waals surface area contributed by atoms with Gasteiger partial charge in [-0.15, -0.1) is 11.3 Å². The van der Waals surface area contributed by atoms with Crippen LogP contribution in [0, 0.1) is 0 Å². The summed E-state index contributed by atoms with van der Waals surface area (Å²) in [5.74, 6) is -0.711. The molecule has 2 atom stereocenters. The van der Waals surface area contributed by atoms with Gasteiger partial charge in [-0.2, -0.15) is 0 Å². The molecule has 0 aliphatic carbocycles. The number of aromatic nitrogens is 3. The quantitative estimate of drug-likeness (QED) is 0.217. The van der Waals surface area contributed by atoms with Gasteiger partial charge in [-0.25, -0.2) is 9.78 Å². The Bertz CT molecular complexity index is 2560. The van der Waals surface area contributed by atoms with Crippen LogP contribution in [0.15, 0.2) is 71.5 Å². The fourth-order valence-corrected chi connectivity index (χ4v) is 9.85. The minimum Gasteiger partial charge on any atom is -0.371 e. The molecule has 3 aliphatic heterocycles. The zero-order chi connectivity index (χ0) is 38.0. The van der Waals surface area contributed by atoms with Crippen molar-refractivity contribution >= 4 is 72.5 Å². The number of hydrogen-bond donors (Lipinski definition) is 2. The highest BCUT2D eigenvalue weighted by Gasteiger charge is 2.32. The number of thiophene rings is 1. The molecule has 13 heteroatoms. The second kappa shape index (κ2) is 14.0. The van der Waals surface area contributed by atoms with Crippen LogP contribution in [-0.4, -0.2) is 89.1 Å². The zero-order valence-electron chi connectivity index (χ0n) is 31.3. The molecule has 1 unspecified atom stereocenters. The van der Waals surface area contributed by atoms with Crippen LogP contribution in [-0.2, 0) is 23.1 Å². The number of anilines is 2. The molecule has 0 saturated carbocycles. The number of piperazine rings is 1. The molecule has 3 amide bonds. The van der Waals surface area contributed by atoms with E-state index in [0.717, 1.165) is 112 Å². The van der Waals surface area contributed by atoms with Crippen molar-refractivity contribution in [1.29, 1.82) is 0 Å². The van der Waals surface area contributed by atoms with E-state index in [1.54, 1.807) is 23.0 Å². The average Bonchev–Trinajstić information content (AvgIpc) is 3.67. The highest BCUT2D eigenvalue weighted by atomic mass is 32.1. The number of imidazole rings is 1. The topological polar surface area (TPSA) is 125 Å². The van der Waals surface area contributed by atoms with E-state index in [1.807, 2.05) is 13.0 Å². The van der Waals surface area contributed by atoms with Gasteiger partial charge in [-0.1, -0.05) is 18.2 Å². The van der Waals surface area contributed by atoms with Gasteiger partial charge in [-0.3, -0.25) is 33.7 Å². The van der Waals surface area contributed by atoms with Gasteiger partial charge >= 0.3 is 5.69 Å². The number of benzene rings is 3. The number of hydrogen-bond acceptors (Lipinski definition) is 9. The molecule has 55 heavy (non-hydrogen) atoms. The number of nitrogens with zero attached hydrogens (tertiary/aromatic N) is 6. The van der Waals surface area contributed by atoms with Crippen molar-refractivity contribution < 1.29 is 14.4 Å². The first-order valence-electron chi connectivity index (χ1n) is 19.1. The fraction of sp³-hybridized carbons (Fsp3) is 0.357. The number of likely N-dealkylation sites (N-methyl/N-ethyl adjacent to an activating group) is 1. The maximum atomic E-state index is 13.1. The molecule has 2 fully saturated rings. The monoisotopic (exact) mass is 756 g/mol. The van der Waals surface area contributed by atoms with Crippen molar-refractivity contribution in [3.63, 3.8) is 0 Å². The largest absolute Gasteiger partial charge is 0.371 e. The number of rotatable bonds is 7. The number of piperidine rings is 1. The highest BCUT2D eigenvalue weighted by Crippen LogP contribution is 2.43. The first-order valence-corrected chi connectivity index (χ1v) is 19.9. The number of nitrogens with one attached hydrogen (secondary N) is 2. The molecule has 0 bridgehead atoms. The van der Waals surface area contributed by atoms with Crippen molar-refractivity contribution in [3.8, 4) is 11.3 Å². The van der Waals surface area contributed by atoms with Crippen LogP contribution in [0.25, 0.3) is 43.3 Å². The fourth-order valence-electron chi connectivity index (χ4n) is 8.67. The summed E-state index contributed by atoms with van der Waals surface area (Å²) in [4.78, 5) is 63.3. The van der Waals surface area contributed by atoms with Gasteiger partial charge in [0, 0.05) is 86.0 Å². The predicted octanol–water partition coefficient (Wildman–Crippen LogP) is 5.07. The lowest BCUT2D eigenvalue weighted by molar-refractivity contribution is -0.135. The van der Waals surface area contributed by atoms with Crippen LogP contribution >= 0.6 is 11.3 Å². The van der Waals surface area contributed by atoms with Crippen molar-refractivity contribution in [1.82, 2.24) is 29.7 Å². The van der Waals surface area contributed by atoms with E-state index in [0.29, 0.717) is 6.42 Å². The number of fused-ring (bicyclic) bond motifs is 6. The van der Waals surface area contributed by atoms with E-state index in [1.165, 1.54) is 10.3 Å². The van der Waals surface area contributed by atoms with E-state index >= 15 is 0 Å². The predicted molar refractivity (Wildman–Crippen MR) is 218 cm³/mol. The Labute approximate surface area is 322 Å². The van der Waals surface area contributed by atoms with E-state index in [9.17, 15) is 19.2 Å². The van der Waals surface area contributed by atoms with Crippen molar-refractivity contribution in [2.75, 3.05) is 56.1 Å². The van der Waals surface area contributed by atoms with Crippen LogP contribution in [0.1, 0.15) is 47.5 Å². The third-order valence-corrected chi connectivity index (χ3v) is 12.7. The second-order valence-corrected chi connectivity index (χ2v) is 16.3. The summed E-state index contributed by atoms with van der Waals surface area (Å²) < 4.78 is 4.23. The Kier molecular flexibility index (Phi) is 8.93. The van der Waals surface area contributed by atoms with E-state index < -0.39 is 11.9 Å². The Morgan fingerprint density at radius 3 is 2.47 bits per heavy atom. The number of aryl methyl sites for hydroxylation is 2. The van der Waals surface area contributed by atoms with Gasteiger partial charge in [0.05, 0.1) is 27.9 Å². The van der Waals surface area contributed by atoms with E-state index in [2.05, 4.69) is 93.0 Å². The Hall–Kier alpha value is -5.53. The highest BCUT2D eigenvalue weighted by molar-refractivity contribution is 7.21. The summed E-state index contributed by atoms with van der Waals surface area (Å²) in [6, 6.07) is 22.6. The van der Waals surface area contributed by atoms with E-state index in [4.69, 9.17) is 4.98 Å². The third-order valence-electron chi connectivity index (χ3n) is 11.5. The summed E-state index contributed by atoms with van der Waals surface area (Å²) >= 11 is 1.55. The molecule has 3 aliphatic rings. The minimum atomic E-state index is -0.674. The lowest BCUT2D eigenvalue weighted by Crippen LogP contribution is -2.46. The molecule has 12 nitrogen and oxygen atoms in total. The van der Waals surface area contributed by atoms with Crippen molar-refractivity contribution in [2.45, 2.75) is 44.7 Å². The van der Waals surface area contributed by atoms with Gasteiger partial charge in [0.25, 0.3) is 5.91 Å². The number of carbonyl (C=O) groups is 3. The van der Waals surface area contributed by atoms with Crippen LogP contribution in [0.3, 0.4) is 0 Å². The summed E-state index contributed by atoms with van der Waals surface area (Å²) in [5, 5.41) is 7.66. The van der Waals surface area contributed by atoms with Gasteiger partial charge in [-0.05, 0) is 86.8 Å². The molecule has 6 aromatic rings. The average molecular weight is 757 g/mol. The molecular weight excluding hydrogens is 713 g/mol. The summed E-state index contributed by atoms with van der Waals surface area (Å²) in [6.07, 6.45) is 2.46. The van der Waals surface area contributed by atoms with Gasteiger partial charge in [0.1, 0.15) is 10.9 Å². The summed E-state index contributed by atoms with van der Waals surface area (Å²) in [5.41, 5.74) is 7.58. The van der Waals surface area contributed by atoms with Crippen molar-refractivity contribution in [2.24, 2.45) is 7.05 Å². The molecule has 6 heterocycles. The smallest absolute Gasteiger partial charge is 0.329 e. The maximum absolute atomic E-state index is 13.1. The molecule has 0 radical (unpaired) electrons. The molecule has 2 N–H and O–H groups in total. The van der Waals surface area contributed by atoms with Crippen LogP contribution < -0.4 is 26.1 Å². The van der Waals surface area contributed by atoms with Crippen LogP contribution in [0.5, 0.6) is 0 Å².